The highest BCUT2D eigenvalue weighted by Crippen LogP contribution is 2.06. The van der Waals surface area contributed by atoms with Gasteiger partial charge in [0.25, 0.3) is 0 Å². The van der Waals surface area contributed by atoms with Crippen molar-refractivity contribution in [3.8, 4) is 9.85 Å². The number of ether oxygens (including phenoxy) is 1. The van der Waals surface area contributed by atoms with E-state index in [1.54, 1.807) is 0 Å². The molecule has 2 aromatic carbocycles. The first-order valence-electron chi connectivity index (χ1n) is 7.02. The molecule has 128 valence electrons. The van der Waals surface area contributed by atoms with Crippen molar-refractivity contribution in [2.45, 2.75) is 13.5 Å². The summed E-state index contributed by atoms with van der Waals surface area (Å²) in [4.78, 5) is 0. The van der Waals surface area contributed by atoms with Gasteiger partial charge in [0.15, 0.2) is 3.93 Å². The summed E-state index contributed by atoms with van der Waals surface area (Å²) in [6, 6.07) is 18.8. The van der Waals surface area contributed by atoms with Crippen LogP contribution in [-0.4, -0.2) is 13.9 Å². The lowest BCUT2D eigenvalue weighted by Gasteiger charge is -1.98. The van der Waals surface area contributed by atoms with E-state index in [0.29, 0.717) is 13.2 Å². The SMILES string of the molecule is Cc1ccc([I+]C#CCOCc2ccccc2)cc1.F[B-](F)(F)F. The quantitative estimate of drug-likeness (QED) is 0.227. The topological polar surface area (TPSA) is 9.23 Å². The van der Waals surface area contributed by atoms with Gasteiger partial charge in [-0.15, -0.1) is 0 Å². The molecule has 0 saturated carbocycles. The molecule has 0 N–H and O–H groups in total. The minimum Gasteiger partial charge on any atom is -0.418 e. The monoisotopic (exact) mass is 450 g/mol. The lowest BCUT2D eigenvalue weighted by Crippen LogP contribution is -3.59. The van der Waals surface area contributed by atoms with Gasteiger partial charge in [0.2, 0.25) is 3.57 Å². The van der Waals surface area contributed by atoms with Gasteiger partial charge in [0, 0.05) is 0 Å². The molecule has 1 nitrogen and oxygen atoms in total. The van der Waals surface area contributed by atoms with Crippen molar-refractivity contribution >= 4 is 7.25 Å². The number of aryl methyl sites for hydroxylation is 1. The van der Waals surface area contributed by atoms with Gasteiger partial charge in [0.05, 0.1) is 6.61 Å². The van der Waals surface area contributed by atoms with Crippen LogP contribution in [0.15, 0.2) is 54.6 Å². The summed E-state index contributed by atoms with van der Waals surface area (Å²) in [6.07, 6.45) is 0. The smallest absolute Gasteiger partial charge is 0.418 e. The maximum absolute atomic E-state index is 9.75. The zero-order valence-corrected chi connectivity index (χ0v) is 15.1. The van der Waals surface area contributed by atoms with E-state index < -0.39 is 7.25 Å². The molecule has 2 aromatic rings. The van der Waals surface area contributed by atoms with Crippen LogP contribution in [-0.2, 0) is 11.3 Å². The second-order valence-corrected chi connectivity index (χ2v) is 6.96. The summed E-state index contributed by atoms with van der Waals surface area (Å²) in [5.74, 6) is 3.10. The van der Waals surface area contributed by atoms with Crippen molar-refractivity contribution in [1.82, 2.24) is 0 Å². The molecule has 0 aromatic heterocycles. The highest BCUT2D eigenvalue weighted by atomic mass is 127. The average molecular weight is 450 g/mol. The number of hydrogen-bond acceptors (Lipinski definition) is 1. The van der Waals surface area contributed by atoms with Crippen LogP contribution >= 0.6 is 0 Å². The van der Waals surface area contributed by atoms with Crippen LogP contribution in [0.25, 0.3) is 0 Å². The Labute approximate surface area is 149 Å². The standard InChI is InChI=1S/C17H16IO.BF4/c1-15-8-10-17(11-9-15)18-12-5-13-19-14-16-6-3-2-4-7-16;2-1(3,4)5/h2-4,6-11H,13-14H2,1H3;/q+1;-1. The molecule has 0 fully saturated rings. The third kappa shape index (κ3) is 12.0. The van der Waals surface area contributed by atoms with Crippen LogP contribution < -0.4 is 21.2 Å². The van der Waals surface area contributed by atoms with E-state index in [1.165, 1.54) is 14.7 Å². The molecular weight excluding hydrogens is 434 g/mol. The van der Waals surface area contributed by atoms with E-state index in [9.17, 15) is 17.3 Å². The van der Waals surface area contributed by atoms with Gasteiger partial charge in [-0.2, -0.15) is 0 Å². The van der Waals surface area contributed by atoms with Crippen molar-refractivity contribution in [3.05, 3.63) is 69.3 Å². The number of halogens is 5. The van der Waals surface area contributed by atoms with Gasteiger partial charge in [-0.3, -0.25) is 0 Å². The van der Waals surface area contributed by atoms with Gasteiger partial charge >= 0.3 is 28.5 Å². The predicted octanol–water partition coefficient (Wildman–Crippen LogP) is 1.73. The molecule has 0 atom stereocenters. The Bertz CT molecular complexity index is 642. The highest BCUT2D eigenvalue weighted by molar-refractivity contribution is 6.50. The van der Waals surface area contributed by atoms with Gasteiger partial charge in [0.1, 0.15) is 6.61 Å². The van der Waals surface area contributed by atoms with Crippen molar-refractivity contribution < 1.29 is 43.2 Å². The van der Waals surface area contributed by atoms with Gasteiger partial charge in [-0.1, -0.05) is 48.0 Å². The fraction of sp³-hybridized carbons (Fsp3) is 0.176. The molecule has 0 aliphatic rings. The van der Waals surface area contributed by atoms with E-state index >= 15 is 0 Å². The van der Waals surface area contributed by atoms with Crippen LogP contribution in [0.1, 0.15) is 11.1 Å². The minimum absolute atomic E-state index is 0.200. The molecular formula is C17H16BF4IO. The van der Waals surface area contributed by atoms with Crippen molar-refractivity contribution in [3.63, 3.8) is 0 Å². The minimum atomic E-state index is -6.00. The van der Waals surface area contributed by atoms with Crippen LogP contribution in [0.2, 0.25) is 0 Å². The third-order valence-corrected chi connectivity index (χ3v) is 4.51. The van der Waals surface area contributed by atoms with Crippen LogP contribution in [0.5, 0.6) is 0 Å². The third-order valence-electron chi connectivity index (χ3n) is 2.52. The molecule has 0 saturated heterocycles. The molecule has 0 aliphatic carbocycles. The Kier molecular flexibility index (Phi) is 9.49. The molecule has 0 unspecified atom stereocenters. The van der Waals surface area contributed by atoms with Crippen LogP contribution in [0.3, 0.4) is 0 Å². The predicted molar refractivity (Wildman–Crippen MR) is 83.9 cm³/mol. The first-order chi connectivity index (χ1) is 11.3. The summed E-state index contributed by atoms with van der Waals surface area (Å²) in [6.45, 7) is 3.25. The van der Waals surface area contributed by atoms with Gasteiger partial charge in [-0.25, -0.2) is 0 Å². The second-order valence-electron chi connectivity index (χ2n) is 4.63. The molecule has 2 rings (SSSR count). The Morgan fingerprint density at radius 1 is 0.958 bits per heavy atom. The van der Waals surface area contributed by atoms with Gasteiger partial charge in [-0.05, 0) is 30.5 Å². The number of benzene rings is 2. The highest BCUT2D eigenvalue weighted by Gasteiger charge is 2.20. The first kappa shape index (κ1) is 20.5. The molecule has 24 heavy (non-hydrogen) atoms. The van der Waals surface area contributed by atoms with E-state index in [2.05, 4.69) is 53.2 Å². The van der Waals surface area contributed by atoms with E-state index in [1.807, 2.05) is 18.2 Å². The fourth-order valence-electron chi connectivity index (χ4n) is 1.51. The lowest BCUT2D eigenvalue weighted by atomic mass is 10.2. The maximum Gasteiger partial charge on any atom is 0.673 e. The number of hydrogen-bond donors (Lipinski definition) is 0. The van der Waals surface area contributed by atoms with E-state index in [-0.39, 0.29) is 21.2 Å². The fourth-order valence-corrected chi connectivity index (χ4v) is 2.88. The molecule has 0 heterocycles. The molecule has 7 heteroatoms. The first-order valence-corrected chi connectivity index (χ1v) is 9.17. The summed E-state index contributed by atoms with van der Waals surface area (Å²) in [5, 5.41) is 0. The molecule has 0 aliphatic heterocycles. The van der Waals surface area contributed by atoms with E-state index in [4.69, 9.17) is 4.74 Å². The summed E-state index contributed by atoms with van der Waals surface area (Å²) < 4.78 is 49.1. The summed E-state index contributed by atoms with van der Waals surface area (Å²) in [5.41, 5.74) is 2.49. The second kappa shape index (κ2) is 11.1. The molecule has 0 radical (unpaired) electrons. The van der Waals surface area contributed by atoms with E-state index in [0.717, 1.165) is 0 Å². The van der Waals surface area contributed by atoms with Crippen LogP contribution in [0, 0.1) is 20.3 Å². The average Bonchev–Trinajstić information content (AvgIpc) is 2.52. The van der Waals surface area contributed by atoms with Crippen LogP contribution in [0.4, 0.5) is 17.3 Å². The lowest BCUT2D eigenvalue weighted by molar-refractivity contribution is -0.535. The van der Waals surface area contributed by atoms with Crippen molar-refractivity contribution in [1.29, 1.82) is 0 Å². The summed E-state index contributed by atoms with van der Waals surface area (Å²) in [7, 11) is -6.00. The summed E-state index contributed by atoms with van der Waals surface area (Å²) >= 11 is -0.200. The van der Waals surface area contributed by atoms with Crippen molar-refractivity contribution in [2.75, 3.05) is 6.61 Å². The Morgan fingerprint density at radius 2 is 1.54 bits per heavy atom. The van der Waals surface area contributed by atoms with Gasteiger partial charge < -0.3 is 22.0 Å². The Hall–Kier alpha value is -1.53. The Morgan fingerprint density at radius 3 is 2.12 bits per heavy atom. The van der Waals surface area contributed by atoms with Crippen molar-refractivity contribution in [2.24, 2.45) is 0 Å². The molecule has 0 bridgehead atoms. The zero-order valence-electron chi connectivity index (χ0n) is 13.0. The zero-order chi connectivity index (χ0) is 17.8. The molecule has 0 amide bonds. The maximum atomic E-state index is 9.75. The Balaban J connectivity index is 0.000000505. The largest absolute Gasteiger partial charge is 0.673 e. The normalized spacial score (nSPS) is 10.2. The molecule has 0 spiro atoms. The number of rotatable bonds is 4.